The van der Waals surface area contributed by atoms with Crippen LogP contribution in [-0.2, 0) is 6.54 Å². The lowest BCUT2D eigenvalue weighted by atomic mass is 10.2. The van der Waals surface area contributed by atoms with Crippen LogP contribution in [0.25, 0.3) is 0 Å². The van der Waals surface area contributed by atoms with Gasteiger partial charge in [-0.2, -0.15) is 0 Å². The Bertz CT molecular complexity index is 707. The molecule has 26 heavy (non-hydrogen) atoms. The van der Waals surface area contributed by atoms with Gasteiger partial charge in [-0.05, 0) is 29.8 Å². The van der Waals surface area contributed by atoms with Gasteiger partial charge in [0, 0.05) is 43.8 Å². The van der Waals surface area contributed by atoms with Crippen LogP contribution < -0.4 is 10.6 Å². The van der Waals surface area contributed by atoms with E-state index in [1.165, 1.54) is 5.56 Å². The number of amides is 1. The summed E-state index contributed by atoms with van der Waals surface area (Å²) in [6.07, 6.45) is 0. The second-order valence-corrected chi connectivity index (χ2v) is 6.49. The van der Waals surface area contributed by atoms with Crippen LogP contribution in [0.2, 0.25) is 0 Å². The molecule has 0 unspecified atom stereocenters. The van der Waals surface area contributed by atoms with Crippen LogP contribution in [0.1, 0.15) is 15.9 Å². The van der Waals surface area contributed by atoms with Crippen molar-refractivity contribution in [3.8, 4) is 0 Å². The number of hydrogen-bond acceptors (Lipinski definition) is 2. The van der Waals surface area contributed by atoms with Crippen LogP contribution in [0, 0.1) is 0 Å². The van der Waals surface area contributed by atoms with Crippen LogP contribution in [0.15, 0.2) is 64.1 Å². The molecule has 0 aliphatic rings. The number of carbonyl (C=O) groups excluding carboxylic acids is 1. The van der Waals surface area contributed by atoms with Gasteiger partial charge in [0.1, 0.15) is 0 Å². The third-order valence-corrected chi connectivity index (χ3v) is 4.16. The fourth-order valence-corrected chi connectivity index (χ4v) is 2.63. The van der Waals surface area contributed by atoms with E-state index < -0.39 is 0 Å². The standard InChI is InChI=1S/C19H23BrN4O.HI/c1-21-19(24(2)14-15-8-10-17(20)11-9-15)23-13-12-22-18(25)16-6-4-3-5-7-16;/h3-11H,12-14H2,1-2H3,(H,21,23)(H,22,25);1H. The van der Waals surface area contributed by atoms with Crippen molar-refractivity contribution in [1.82, 2.24) is 15.5 Å². The second kappa shape index (κ2) is 11.9. The molecule has 0 spiro atoms. The summed E-state index contributed by atoms with van der Waals surface area (Å²) in [4.78, 5) is 18.3. The fraction of sp³-hybridized carbons (Fsp3) is 0.263. The molecule has 0 aliphatic heterocycles. The van der Waals surface area contributed by atoms with E-state index in [0.717, 1.165) is 17.0 Å². The van der Waals surface area contributed by atoms with Crippen molar-refractivity contribution in [2.45, 2.75) is 6.54 Å². The molecule has 0 aromatic heterocycles. The molecule has 1 amide bonds. The van der Waals surface area contributed by atoms with E-state index in [9.17, 15) is 4.79 Å². The summed E-state index contributed by atoms with van der Waals surface area (Å²) in [7, 11) is 3.74. The first-order valence-electron chi connectivity index (χ1n) is 8.09. The van der Waals surface area contributed by atoms with E-state index in [4.69, 9.17) is 0 Å². The number of carbonyl (C=O) groups is 1. The van der Waals surface area contributed by atoms with Crippen LogP contribution in [0.5, 0.6) is 0 Å². The van der Waals surface area contributed by atoms with Crippen LogP contribution in [0.4, 0.5) is 0 Å². The molecule has 0 aliphatic carbocycles. The molecule has 0 bridgehead atoms. The number of aliphatic imine (C=N–C) groups is 1. The Kier molecular flexibility index (Phi) is 10.3. The van der Waals surface area contributed by atoms with Crippen molar-refractivity contribution < 1.29 is 4.79 Å². The summed E-state index contributed by atoms with van der Waals surface area (Å²) < 4.78 is 1.07. The molecule has 7 heteroatoms. The van der Waals surface area contributed by atoms with E-state index in [2.05, 4.69) is 43.7 Å². The van der Waals surface area contributed by atoms with Gasteiger partial charge >= 0.3 is 0 Å². The molecule has 0 saturated heterocycles. The van der Waals surface area contributed by atoms with Crippen LogP contribution in [-0.4, -0.2) is 44.0 Å². The molecule has 2 aromatic carbocycles. The number of nitrogens with zero attached hydrogens (tertiary/aromatic N) is 2. The smallest absolute Gasteiger partial charge is 0.251 e. The van der Waals surface area contributed by atoms with E-state index >= 15 is 0 Å². The van der Waals surface area contributed by atoms with Crippen molar-refractivity contribution in [3.63, 3.8) is 0 Å². The van der Waals surface area contributed by atoms with E-state index in [0.29, 0.717) is 18.7 Å². The summed E-state index contributed by atoms with van der Waals surface area (Å²) >= 11 is 3.44. The minimum Gasteiger partial charge on any atom is -0.354 e. The summed E-state index contributed by atoms with van der Waals surface area (Å²) in [6, 6.07) is 17.4. The van der Waals surface area contributed by atoms with Crippen LogP contribution in [0.3, 0.4) is 0 Å². The highest BCUT2D eigenvalue weighted by Gasteiger charge is 2.07. The Balaban J connectivity index is 0.00000338. The lowest BCUT2D eigenvalue weighted by molar-refractivity contribution is 0.0954. The maximum atomic E-state index is 12.0. The maximum Gasteiger partial charge on any atom is 0.251 e. The number of rotatable bonds is 6. The first-order valence-corrected chi connectivity index (χ1v) is 8.89. The Morgan fingerprint density at radius 1 is 1.04 bits per heavy atom. The predicted molar refractivity (Wildman–Crippen MR) is 121 cm³/mol. The zero-order valence-electron chi connectivity index (χ0n) is 14.9. The molecule has 2 N–H and O–H groups in total. The normalized spacial score (nSPS) is 10.7. The van der Waals surface area contributed by atoms with Gasteiger partial charge in [0.25, 0.3) is 5.91 Å². The fourth-order valence-electron chi connectivity index (χ4n) is 2.37. The minimum absolute atomic E-state index is 0. The van der Waals surface area contributed by atoms with Gasteiger partial charge in [0.2, 0.25) is 0 Å². The minimum atomic E-state index is -0.0689. The van der Waals surface area contributed by atoms with Gasteiger partial charge < -0.3 is 15.5 Å². The molecule has 2 aromatic rings. The summed E-state index contributed by atoms with van der Waals surface area (Å²) in [5.41, 5.74) is 1.87. The van der Waals surface area contributed by atoms with Crippen molar-refractivity contribution in [1.29, 1.82) is 0 Å². The summed E-state index contributed by atoms with van der Waals surface area (Å²) in [5, 5.41) is 6.15. The lowest BCUT2D eigenvalue weighted by Gasteiger charge is -2.22. The number of guanidine groups is 1. The average Bonchev–Trinajstić information content (AvgIpc) is 2.64. The zero-order valence-corrected chi connectivity index (χ0v) is 18.8. The van der Waals surface area contributed by atoms with Gasteiger partial charge in [-0.25, -0.2) is 0 Å². The molecular weight excluding hydrogens is 507 g/mol. The molecule has 5 nitrogen and oxygen atoms in total. The highest BCUT2D eigenvalue weighted by molar-refractivity contribution is 14.0. The Morgan fingerprint density at radius 2 is 1.65 bits per heavy atom. The third kappa shape index (κ3) is 7.33. The van der Waals surface area contributed by atoms with Crippen molar-refractivity contribution in [2.24, 2.45) is 4.99 Å². The summed E-state index contributed by atoms with van der Waals surface area (Å²) in [5.74, 6) is 0.720. The number of hydrogen-bond donors (Lipinski definition) is 2. The number of halogens is 2. The Morgan fingerprint density at radius 3 is 2.27 bits per heavy atom. The molecule has 0 fully saturated rings. The van der Waals surface area contributed by atoms with Gasteiger partial charge in [0.05, 0.1) is 0 Å². The lowest BCUT2D eigenvalue weighted by Crippen LogP contribution is -2.42. The van der Waals surface area contributed by atoms with Gasteiger partial charge in [-0.1, -0.05) is 46.3 Å². The van der Waals surface area contributed by atoms with Crippen molar-refractivity contribution in [2.75, 3.05) is 27.2 Å². The van der Waals surface area contributed by atoms with Crippen molar-refractivity contribution in [3.05, 3.63) is 70.2 Å². The quantitative estimate of drug-likeness (QED) is 0.260. The molecule has 2 rings (SSSR count). The Hall–Kier alpha value is -1.61. The SMILES string of the molecule is CN=C(NCCNC(=O)c1ccccc1)N(C)Cc1ccc(Br)cc1.I. The first kappa shape index (κ1) is 22.4. The average molecular weight is 531 g/mol. The third-order valence-electron chi connectivity index (χ3n) is 3.64. The predicted octanol–water partition coefficient (Wildman–Crippen LogP) is 3.50. The van der Waals surface area contributed by atoms with Gasteiger partial charge in [-0.15, -0.1) is 24.0 Å². The van der Waals surface area contributed by atoms with Gasteiger partial charge in [0.15, 0.2) is 5.96 Å². The molecule has 140 valence electrons. The first-order chi connectivity index (χ1) is 12.1. The zero-order chi connectivity index (χ0) is 18.1. The molecule has 0 heterocycles. The second-order valence-electron chi connectivity index (χ2n) is 5.58. The molecule has 0 radical (unpaired) electrons. The van der Waals surface area contributed by atoms with E-state index in [-0.39, 0.29) is 29.9 Å². The van der Waals surface area contributed by atoms with Gasteiger partial charge in [-0.3, -0.25) is 9.79 Å². The highest BCUT2D eigenvalue weighted by atomic mass is 127. The summed E-state index contributed by atoms with van der Waals surface area (Å²) in [6.45, 7) is 1.89. The monoisotopic (exact) mass is 530 g/mol. The number of benzene rings is 2. The Labute approximate surface area is 180 Å². The molecular formula is C19H24BrIN4O. The largest absolute Gasteiger partial charge is 0.354 e. The van der Waals surface area contributed by atoms with Crippen molar-refractivity contribution >= 4 is 51.8 Å². The highest BCUT2D eigenvalue weighted by Crippen LogP contribution is 2.11. The van der Waals surface area contributed by atoms with E-state index in [1.807, 2.05) is 42.3 Å². The molecule has 0 saturated carbocycles. The maximum absolute atomic E-state index is 12.0. The van der Waals surface area contributed by atoms with Crippen LogP contribution >= 0.6 is 39.9 Å². The molecule has 0 atom stereocenters. The topological polar surface area (TPSA) is 56.7 Å². The van der Waals surface area contributed by atoms with E-state index in [1.54, 1.807) is 19.2 Å². The number of nitrogens with one attached hydrogen (secondary N) is 2.